The topological polar surface area (TPSA) is 140 Å². The molecule has 3 rings (SSSR count). The Morgan fingerprint density at radius 3 is 2.54 bits per heavy atom. The van der Waals surface area contributed by atoms with Gasteiger partial charge in [-0.15, -0.1) is 0 Å². The minimum Gasteiger partial charge on any atom is -0.497 e. The molecule has 0 saturated carbocycles. The van der Waals surface area contributed by atoms with Gasteiger partial charge in [-0.2, -0.15) is 5.10 Å². The second-order valence-electron chi connectivity index (χ2n) is 6.43. The van der Waals surface area contributed by atoms with E-state index in [0.29, 0.717) is 22.7 Å². The van der Waals surface area contributed by atoms with Crippen molar-refractivity contribution in [1.82, 2.24) is 15.1 Å². The second-order valence-corrected chi connectivity index (χ2v) is 8.49. The molecule has 0 saturated heterocycles. The summed E-state index contributed by atoms with van der Waals surface area (Å²) in [4.78, 5) is 24.2. The number of aromatic nitrogens is 2. The second kappa shape index (κ2) is 7.60. The Balaban J connectivity index is 1.93. The van der Waals surface area contributed by atoms with E-state index >= 15 is 0 Å². The van der Waals surface area contributed by atoms with E-state index in [1.165, 1.54) is 18.7 Å². The fraction of sp³-hybridized carbons (Fsp3) is 0.353. The first-order chi connectivity index (χ1) is 13.2. The number of aliphatic hydroxyl groups is 1. The lowest BCUT2D eigenvalue weighted by Gasteiger charge is -2.12. The molecule has 150 valence electrons. The number of hydrogen-bond acceptors (Lipinski definition) is 7. The number of nitrogens with zero attached hydrogens (tertiary/aromatic N) is 2. The maximum absolute atomic E-state index is 12.3. The molecule has 1 atom stereocenters. The van der Waals surface area contributed by atoms with Crippen molar-refractivity contribution in [2.75, 3.05) is 19.0 Å². The van der Waals surface area contributed by atoms with E-state index in [9.17, 15) is 23.1 Å². The van der Waals surface area contributed by atoms with Gasteiger partial charge in [-0.3, -0.25) is 9.59 Å². The third-order valence-electron chi connectivity index (χ3n) is 4.10. The molecule has 2 aromatic rings. The Hall–Kier alpha value is -2.92. The zero-order valence-electron chi connectivity index (χ0n) is 15.3. The third-order valence-corrected chi connectivity index (χ3v) is 5.54. The Morgan fingerprint density at radius 2 is 1.93 bits per heavy atom. The van der Waals surface area contributed by atoms with Crippen LogP contribution in [0.1, 0.15) is 18.2 Å². The summed E-state index contributed by atoms with van der Waals surface area (Å²) in [6, 6.07) is 6.77. The van der Waals surface area contributed by atoms with Crippen molar-refractivity contribution < 1.29 is 27.9 Å². The summed E-state index contributed by atoms with van der Waals surface area (Å²) < 4.78 is 30.4. The first kappa shape index (κ1) is 19.8. The van der Waals surface area contributed by atoms with Crippen LogP contribution in [0.5, 0.6) is 5.75 Å². The van der Waals surface area contributed by atoms with Crippen LogP contribution in [0.25, 0.3) is 5.69 Å². The standard InChI is InChI=1S/C17H20N4O6S/c1-10(22)7-18-16(23)17(24)19-15-13-8-28(25,26)9-14(13)20-21(15)11-3-5-12(27-2)6-4-11/h3-6,10,22H,7-9H2,1-2H3,(H,18,23)(H,19,24). The van der Waals surface area contributed by atoms with Gasteiger partial charge in [0, 0.05) is 12.1 Å². The first-order valence-corrected chi connectivity index (χ1v) is 10.2. The number of fused-ring (bicyclic) bond motifs is 1. The van der Waals surface area contributed by atoms with Crippen molar-refractivity contribution in [1.29, 1.82) is 0 Å². The highest BCUT2D eigenvalue weighted by Crippen LogP contribution is 2.33. The lowest BCUT2D eigenvalue weighted by Crippen LogP contribution is -2.39. The van der Waals surface area contributed by atoms with Crippen LogP contribution >= 0.6 is 0 Å². The van der Waals surface area contributed by atoms with E-state index in [1.807, 2.05) is 0 Å². The Morgan fingerprint density at radius 1 is 1.25 bits per heavy atom. The number of carbonyl (C=O) groups is 2. The van der Waals surface area contributed by atoms with Gasteiger partial charge in [0.05, 0.1) is 36.1 Å². The average molecular weight is 408 g/mol. The summed E-state index contributed by atoms with van der Waals surface area (Å²) in [6.45, 7) is 1.38. The van der Waals surface area contributed by atoms with E-state index in [0.717, 1.165) is 0 Å². The summed E-state index contributed by atoms with van der Waals surface area (Å²) in [7, 11) is -1.82. The van der Waals surface area contributed by atoms with Gasteiger partial charge < -0.3 is 20.5 Å². The number of sulfone groups is 1. The van der Waals surface area contributed by atoms with E-state index in [4.69, 9.17) is 4.74 Å². The van der Waals surface area contributed by atoms with E-state index < -0.39 is 27.8 Å². The predicted octanol–water partition coefficient (Wildman–Crippen LogP) is -0.255. The minimum atomic E-state index is -3.35. The van der Waals surface area contributed by atoms with Crippen LogP contribution in [-0.2, 0) is 30.9 Å². The van der Waals surface area contributed by atoms with Crippen molar-refractivity contribution in [2.45, 2.75) is 24.5 Å². The summed E-state index contributed by atoms with van der Waals surface area (Å²) >= 11 is 0. The smallest absolute Gasteiger partial charge is 0.314 e. The van der Waals surface area contributed by atoms with Gasteiger partial charge in [0.25, 0.3) is 0 Å². The van der Waals surface area contributed by atoms with Gasteiger partial charge in [0.2, 0.25) is 0 Å². The van der Waals surface area contributed by atoms with E-state index in [2.05, 4.69) is 15.7 Å². The zero-order chi connectivity index (χ0) is 20.5. The maximum Gasteiger partial charge on any atom is 0.314 e. The summed E-state index contributed by atoms with van der Waals surface area (Å²) in [5, 5.41) is 18.3. The first-order valence-electron chi connectivity index (χ1n) is 8.43. The van der Waals surface area contributed by atoms with Crippen LogP contribution in [0.2, 0.25) is 0 Å². The zero-order valence-corrected chi connectivity index (χ0v) is 16.1. The van der Waals surface area contributed by atoms with Crippen LogP contribution in [0.15, 0.2) is 24.3 Å². The van der Waals surface area contributed by atoms with E-state index in [1.54, 1.807) is 24.3 Å². The maximum atomic E-state index is 12.3. The van der Waals surface area contributed by atoms with Crippen molar-refractivity contribution >= 4 is 27.5 Å². The highest BCUT2D eigenvalue weighted by molar-refractivity contribution is 7.90. The normalized spacial score (nSPS) is 15.5. The summed E-state index contributed by atoms with van der Waals surface area (Å²) in [5.41, 5.74) is 1.25. The van der Waals surface area contributed by atoms with E-state index in [-0.39, 0.29) is 23.9 Å². The lowest BCUT2D eigenvalue weighted by molar-refractivity contribution is -0.136. The molecule has 2 heterocycles. The molecule has 11 heteroatoms. The number of nitrogens with one attached hydrogen (secondary N) is 2. The van der Waals surface area contributed by atoms with Crippen LogP contribution in [0, 0.1) is 0 Å². The molecule has 2 amide bonds. The predicted molar refractivity (Wildman–Crippen MR) is 99.8 cm³/mol. The Bertz CT molecular complexity index is 1010. The fourth-order valence-corrected chi connectivity index (χ4v) is 4.26. The molecule has 0 fully saturated rings. The molecule has 0 radical (unpaired) electrons. The average Bonchev–Trinajstić information content (AvgIpc) is 3.12. The highest BCUT2D eigenvalue weighted by Gasteiger charge is 2.33. The van der Waals surface area contributed by atoms with Crippen LogP contribution in [-0.4, -0.2) is 54.9 Å². The van der Waals surface area contributed by atoms with Crippen molar-refractivity contribution in [3.05, 3.63) is 35.5 Å². The molecular weight excluding hydrogens is 388 g/mol. The van der Waals surface area contributed by atoms with Crippen LogP contribution in [0.3, 0.4) is 0 Å². The lowest BCUT2D eigenvalue weighted by atomic mass is 10.2. The number of carbonyl (C=O) groups excluding carboxylic acids is 2. The molecule has 1 aliphatic heterocycles. The number of anilines is 1. The Kier molecular flexibility index (Phi) is 5.38. The third kappa shape index (κ3) is 4.15. The van der Waals surface area contributed by atoms with Crippen LogP contribution < -0.4 is 15.4 Å². The number of ether oxygens (including phenoxy) is 1. The van der Waals surface area contributed by atoms with Crippen molar-refractivity contribution in [3.63, 3.8) is 0 Å². The molecule has 0 spiro atoms. The SMILES string of the molecule is COc1ccc(-n2nc3c(c2NC(=O)C(=O)NCC(C)O)CS(=O)(=O)C3)cc1. The number of amides is 2. The molecule has 1 aromatic heterocycles. The Labute approximate surface area is 161 Å². The van der Waals surface area contributed by atoms with Crippen LogP contribution in [0.4, 0.5) is 5.82 Å². The molecule has 1 aromatic carbocycles. The van der Waals surface area contributed by atoms with Crippen molar-refractivity contribution in [2.24, 2.45) is 0 Å². The van der Waals surface area contributed by atoms with Gasteiger partial charge in [0.1, 0.15) is 11.6 Å². The minimum absolute atomic E-state index is 0.0868. The van der Waals surface area contributed by atoms with Gasteiger partial charge in [0.15, 0.2) is 9.84 Å². The molecule has 10 nitrogen and oxygen atoms in total. The molecule has 0 bridgehead atoms. The highest BCUT2D eigenvalue weighted by atomic mass is 32.2. The van der Waals surface area contributed by atoms with Gasteiger partial charge in [-0.05, 0) is 31.2 Å². The van der Waals surface area contributed by atoms with Gasteiger partial charge in [-0.25, -0.2) is 13.1 Å². The van der Waals surface area contributed by atoms with Crippen molar-refractivity contribution in [3.8, 4) is 11.4 Å². The number of hydrogen-bond donors (Lipinski definition) is 3. The number of aliphatic hydroxyl groups excluding tert-OH is 1. The molecular formula is C17H20N4O6S. The molecule has 0 aliphatic carbocycles. The molecule has 3 N–H and O–H groups in total. The molecule has 1 unspecified atom stereocenters. The number of rotatable bonds is 5. The van der Waals surface area contributed by atoms with Gasteiger partial charge >= 0.3 is 11.8 Å². The fourth-order valence-electron chi connectivity index (χ4n) is 2.77. The monoisotopic (exact) mass is 408 g/mol. The number of methoxy groups -OCH3 is 1. The summed E-state index contributed by atoms with van der Waals surface area (Å²) in [5.74, 6) is -1.70. The quantitative estimate of drug-likeness (QED) is 0.579. The van der Waals surface area contributed by atoms with Gasteiger partial charge in [-0.1, -0.05) is 0 Å². The summed E-state index contributed by atoms with van der Waals surface area (Å²) in [6.07, 6.45) is -0.809. The molecule has 1 aliphatic rings. The molecule has 28 heavy (non-hydrogen) atoms. The number of benzene rings is 1. The largest absolute Gasteiger partial charge is 0.497 e.